The number of halogens is 1. The van der Waals surface area contributed by atoms with Gasteiger partial charge in [0.05, 0.1) is 16.9 Å². The standard InChI is InChI=1S/C11H13ClN4/c1-2-16-10(9(12)7-15-16)5-8-3-4-14-11(13)6-8/h3-4,6-7H,2,5H2,1H3,(H2,13,14). The third-order valence-corrected chi connectivity index (χ3v) is 2.73. The quantitative estimate of drug-likeness (QED) is 0.888. The van der Waals surface area contributed by atoms with Gasteiger partial charge >= 0.3 is 0 Å². The number of nitrogens with two attached hydrogens (primary N) is 1. The monoisotopic (exact) mass is 236 g/mol. The number of rotatable bonds is 3. The highest BCUT2D eigenvalue weighted by Gasteiger charge is 2.08. The summed E-state index contributed by atoms with van der Waals surface area (Å²) in [7, 11) is 0. The maximum atomic E-state index is 6.08. The normalized spacial score (nSPS) is 10.6. The van der Waals surface area contributed by atoms with Crippen LogP contribution in [0.2, 0.25) is 5.02 Å². The van der Waals surface area contributed by atoms with Gasteiger partial charge in [-0.15, -0.1) is 0 Å². The summed E-state index contributed by atoms with van der Waals surface area (Å²) in [6, 6.07) is 3.78. The molecule has 16 heavy (non-hydrogen) atoms. The molecule has 2 rings (SSSR count). The van der Waals surface area contributed by atoms with Gasteiger partial charge in [0.2, 0.25) is 0 Å². The first-order valence-corrected chi connectivity index (χ1v) is 5.49. The number of nitrogens with zero attached hydrogens (tertiary/aromatic N) is 3. The zero-order valence-electron chi connectivity index (χ0n) is 9.02. The molecule has 0 aliphatic heterocycles. The van der Waals surface area contributed by atoms with Crippen molar-refractivity contribution < 1.29 is 0 Å². The van der Waals surface area contributed by atoms with E-state index in [9.17, 15) is 0 Å². The Morgan fingerprint density at radius 1 is 1.50 bits per heavy atom. The average Bonchev–Trinajstić information content (AvgIpc) is 2.60. The fraction of sp³-hybridized carbons (Fsp3) is 0.273. The van der Waals surface area contributed by atoms with Crippen molar-refractivity contribution in [2.45, 2.75) is 19.9 Å². The summed E-state index contributed by atoms with van der Waals surface area (Å²) in [5.41, 5.74) is 7.73. The first-order chi connectivity index (χ1) is 7.70. The van der Waals surface area contributed by atoms with Crippen molar-refractivity contribution in [1.29, 1.82) is 0 Å². The molecule has 0 bridgehead atoms. The summed E-state index contributed by atoms with van der Waals surface area (Å²) in [6.45, 7) is 2.84. The number of pyridine rings is 1. The van der Waals surface area contributed by atoms with Gasteiger partial charge in [-0.25, -0.2) is 4.98 Å². The minimum absolute atomic E-state index is 0.524. The summed E-state index contributed by atoms with van der Waals surface area (Å²) in [5.74, 6) is 0.524. The van der Waals surface area contributed by atoms with Gasteiger partial charge in [-0.3, -0.25) is 4.68 Å². The second-order valence-corrected chi connectivity index (χ2v) is 3.93. The lowest BCUT2D eigenvalue weighted by Crippen LogP contribution is -2.04. The van der Waals surface area contributed by atoms with Crippen molar-refractivity contribution in [1.82, 2.24) is 14.8 Å². The molecule has 0 saturated carbocycles. The van der Waals surface area contributed by atoms with E-state index in [1.165, 1.54) is 0 Å². The Labute approximate surface area is 99.1 Å². The average molecular weight is 237 g/mol. The summed E-state index contributed by atoms with van der Waals surface area (Å²) >= 11 is 6.08. The molecule has 5 heteroatoms. The Morgan fingerprint density at radius 3 is 3.00 bits per heavy atom. The largest absolute Gasteiger partial charge is 0.384 e. The molecule has 0 aromatic carbocycles. The van der Waals surface area contributed by atoms with E-state index < -0.39 is 0 Å². The van der Waals surface area contributed by atoms with Crippen molar-refractivity contribution in [2.24, 2.45) is 0 Å². The van der Waals surface area contributed by atoms with Crippen molar-refractivity contribution in [3.05, 3.63) is 40.8 Å². The second kappa shape index (κ2) is 4.53. The summed E-state index contributed by atoms with van der Waals surface area (Å²) in [4.78, 5) is 3.96. The molecule has 2 aromatic rings. The van der Waals surface area contributed by atoms with Crippen LogP contribution in [0.3, 0.4) is 0 Å². The van der Waals surface area contributed by atoms with E-state index in [4.69, 9.17) is 17.3 Å². The highest BCUT2D eigenvalue weighted by atomic mass is 35.5. The summed E-state index contributed by atoms with van der Waals surface area (Å²) < 4.78 is 1.89. The molecule has 2 heterocycles. The second-order valence-electron chi connectivity index (χ2n) is 3.52. The maximum absolute atomic E-state index is 6.08. The summed E-state index contributed by atoms with van der Waals surface area (Å²) in [5, 5.41) is 4.88. The zero-order valence-corrected chi connectivity index (χ0v) is 9.78. The Balaban J connectivity index is 2.29. The molecule has 0 fully saturated rings. The van der Waals surface area contributed by atoms with Crippen LogP contribution < -0.4 is 5.73 Å². The lowest BCUT2D eigenvalue weighted by Gasteiger charge is -2.06. The predicted molar refractivity (Wildman–Crippen MR) is 64.4 cm³/mol. The molecular weight excluding hydrogens is 224 g/mol. The smallest absolute Gasteiger partial charge is 0.123 e. The van der Waals surface area contributed by atoms with Gasteiger partial charge in [-0.05, 0) is 24.6 Å². The number of anilines is 1. The van der Waals surface area contributed by atoms with Crippen LogP contribution in [0.15, 0.2) is 24.5 Å². The van der Waals surface area contributed by atoms with Crippen molar-refractivity contribution in [3.63, 3.8) is 0 Å². The SMILES string of the molecule is CCn1ncc(Cl)c1Cc1ccnc(N)c1. The number of hydrogen-bond donors (Lipinski definition) is 1. The van der Waals surface area contributed by atoms with Gasteiger partial charge in [0.15, 0.2) is 0 Å². The van der Waals surface area contributed by atoms with Crippen LogP contribution in [-0.4, -0.2) is 14.8 Å². The third-order valence-electron chi connectivity index (χ3n) is 2.41. The Morgan fingerprint density at radius 2 is 2.31 bits per heavy atom. The summed E-state index contributed by atoms with van der Waals surface area (Å²) in [6.07, 6.45) is 4.09. The van der Waals surface area contributed by atoms with Crippen molar-refractivity contribution in [3.8, 4) is 0 Å². The molecule has 0 aliphatic rings. The first kappa shape index (κ1) is 11.0. The van der Waals surface area contributed by atoms with Crippen molar-refractivity contribution >= 4 is 17.4 Å². The minimum atomic E-state index is 0.524. The predicted octanol–water partition coefficient (Wildman–Crippen LogP) is 2.12. The molecular formula is C11H13ClN4. The topological polar surface area (TPSA) is 56.7 Å². The van der Waals surface area contributed by atoms with Crippen LogP contribution in [0, 0.1) is 0 Å². The van der Waals surface area contributed by atoms with Gasteiger partial charge in [0.1, 0.15) is 5.82 Å². The molecule has 0 unspecified atom stereocenters. The molecule has 0 atom stereocenters. The van der Waals surface area contributed by atoms with Crippen LogP contribution in [0.25, 0.3) is 0 Å². The van der Waals surface area contributed by atoms with E-state index in [1.807, 2.05) is 23.7 Å². The number of hydrogen-bond acceptors (Lipinski definition) is 3. The Kier molecular flexibility index (Phi) is 3.10. The van der Waals surface area contributed by atoms with E-state index in [-0.39, 0.29) is 0 Å². The van der Waals surface area contributed by atoms with Gasteiger partial charge in [-0.2, -0.15) is 5.10 Å². The molecule has 0 spiro atoms. The van der Waals surface area contributed by atoms with E-state index >= 15 is 0 Å². The fourth-order valence-corrected chi connectivity index (χ4v) is 1.84. The molecule has 0 aliphatic carbocycles. The third kappa shape index (κ3) is 2.17. The number of nitrogen functional groups attached to an aromatic ring is 1. The lowest BCUT2D eigenvalue weighted by molar-refractivity contribution is 0.630. The van der Waals surface area contributed by atoms with Crippen LogP contribution in [0.5, 0.6) is 0 Å². The number of aromatic nitrogens is 3. The molecule has 0 amide bonds. The molecule has 0 radical (unpaired) electrons. The van der Waals surface area contributed by atoms with Gasteiger partial charge < -0.3 is 5.73 Å². The van der Waals surface area contributed by atoms with Crippen LogP contribution >= 0.6 is 11.6 Å². The van der Waals surface area contributed by atoms with Crippen LogP contribution in [-0.2, 0) is 13.0 Å². The van der Waals surface area contributed by atoms with Crippen LogP contribution in [0.1, 0.15) is 18.2 Å². The van der Waals surface area contributed by atoms with Crippen molar-refractivity contribution in [2.75, 3.05) is 5.73 Å². The molecule has 2 aromatic heterocycles. The highest BCUT2D eigenvalue weighted by Crippen LogP contribution is 2.19. The molecule has 0 saturated heterocycles. The first-order valence-electron chi connectivity index (χ1n) is 5.11. The fourth-order valence-electron chi connectivity index (χ4n) is 1.63. The minimum Gasteiger partial charge on any atom is -0.384 e. The molecule has 2 N–H and O–H groups in total. The van der Waals surface area contributed by atoms with Gasteiger partial charge in [-0.1, -0.05) is 11.6 Å². The van der Waals surface area contributed by atoms with E-state index in [0.717, 1.165) is 24.2 Å². The number of aryl methyl sites for hydroxylation is 1. The lowest BCUT2D eigenvalue weighted by atomic mass is 10.1. The maximum Gasteiger partial charge on any atom is 0.123 e. The van der Waals surface area contributed by atoms with E-state index in [1.54, 1.807) is 12.4 Å². The van der Waals surface area contributed by atoms with Crippen LogP contribution in [0.4, 0.5) is 5.82 Å². The highest BCUT2D eigenvalue weighted by molar-refractivity contribution is 6.31. The zero-order chi connectivity index (χ0) is 11.5. The van der Waals surface area contributed by atoms with E-state index in [0.29, 0.717) is 10.8 Å². The Hall–Kier alpha value is -1.55. The van der Waals surface area contributed by atoms with E-state index in [2.05, 4.69) is 10.1 Å². The van der Waals surface area contributed by atoms with Gasteiger partial charge in [0.25, 0.3) is 0 Å². The molecule has 4 nitrogen and oxygen atoms in total. The van der Waals surface area contributed by atoms with Gasteiger partial charge in [0, 0.05) is 19.2 Å². The molecule has 84 valence electrons. The Bertz CT molecular complexity index is 492.